The summed E-state index contributed by atoms with van der Waals surface area (Å²) in [7, 11) is 2.02. The average molecular weight is 337 g/mol. The standard InChI is InChI=1S/C21H23NO3/c1-6-9-15(19-17(12(2)3)20(23)25-21(19)24)18-13(4)22(5)16-11-8-7-10-14(16)18/h7-8,10-11H,6,9H2,1-5H3/b19-15-. The number of hydrogen-bond acceptors (Lipinski definition) is 3. The lowest BCUT2D eigenvalue weighted by molar-refractivity contribution is -0.149. The molecule has 2 aromatic rings. The molecule has 0 aliphatic carbocycles. The summed E-state index contributed by atoms with van der Waals surface area (Å²) in [5, 5.41) is 1.10. The summed E-state index contributed by atoms with van der Waals surface area (Å²) < 4.78 is 7.09. The van der Waals surface area contributed by atoms with Crippen molar-refractivity contribution in [3.05, 3.63) is 52.2 Å². The molecule has 0 saturated carbocycles. The van der Waals surface area contributed by atoms with Crippen LogP contribution in [0.15, 0.2) is 41.0 Å². The Morgan fingerprint density at radius 3 is 2.36 bits per heavy atom. The van der Waals surface area contributed by atoms with Crippen molar-refractivity contribution in [1.82, 2.24) is 4.57 Å². The van der Waals surface area contributed by atoms with Gasteiger partial charge < -0.3 is 9.30 Å². The average Bonchev–Trinajstić information content (AvgIpc) is 3.00. The van der Waals surface area contributed by atoms with E-state index in [9.17, 15) is 9.59 Å². The van der Waals surface area contributed by atoms with Crippen LogP contribution >= 0.6 is 0 Å². The van der Waals surface area contributed by atoms with E-state index in [0.29, 0.717) is 17.6 Å². The van der Waals surface area contributed by atoms with Crippen LogP contribution in [0.1, 0.15) is 44.9 Å². The summed E-state index contributed by atoms with van der Waals surface area (Å²) in [6, 6.07) is 8.14. The highest BCUT2D eigenvalue weighted by Crippen LogP contribution is 2.39. The lowest BCUT2D eigenvalue weighted by atomic mass is 9.89. The second-order valence-electron chi connectivity index (χ2n) is 6.69. The quantitative estimate of drug-likeness (QED) is 0.472. The molecular weight excluding hydrogens is 314 g/mol. The minimum atomic E-state index is -0.536. The van der Waals surface area contributed by atoms with E-state index in [0.717, 1.165) is 39.7 Å². The lowest BCUT2D eigenvalue weighted by Crippen LogP contribution is -2.03. The molecule has 3 rings (SSSR count). The highest BCUT2D eigenvalue weighted by atomic mass is 16.6. The third kappa shape index (κ3) is 2.62. The Hall–Kier alpha value is -2.62. The minimum absolute atomic E-state index is 0.417. The number of allylic oxidation sites excluding steroid dienone is 2. The molecule has 0 amide bonds. The van der Waals surface area contributed by atoms with Crippen LogP contribution in [0.2, 0.25) is 0 Å². The highest BCUT2D eigenvalue weighted by molar-refractivity contribution is 6.23. The summed E-state index contributed by atoms with van der Waals surface area (Å²) >= 11 is 0. The molecule has 0 spiro atoms. The van der Waals surface area contributed by atoms with E-state index < -0.39 is 11.9 Å². The van der Waals surface area contributed by atoms with Crippen molar-refractivity contribution in [2.24, 2.45) is 7.05 Å². The maximum Gasteiger partial charge on any atom is 0.347 e. The van der Waals surface area contributed by atoms with Gasteiger partial charge in [-0.05, 0) is 38.8 Å². The number of carbonyl (C=O) groups is 2. The smallest absolute Gasteiger partial charge is 0.347 e. The Kier molecular flexibility index (Phi) is 4.38. The molecule has 0 unspecified atom stereocenters. The van der Waals surface area contributed by atoms with Crippen molar-refractivity contribution in [2.75, 3.05) is 0 Å². The maximum absolute atomic E-state index is 12.5. The van der Waals surface area contributed by atoms with Crippen LogP contribution in [0.4, 0.5) is 0 Å². The van der Waals surface area contributed by atoms with Crippen LogP contribution in [0.3, 0.4) is 0 Å². The van der Waals surface area contributed by atoms with Gasteiger partial charge in [-0.25, -0.2) is 9.59 Å². The molecule has 130 valence electrons. The van der Waals surface area contributed by atoms with E-state index in [-0.39, 0.29) is 0 Å². The number of esters is 2. The van der Waals surface area contributed by atoms with Gasteiger partial charge in [-0.3, -0.25) is 0 Å². The number of ether oxygens (including phenoxy) is 1. The van der Waals surface area contributed by atoms with Crippen molar-refractivity contribution in [2.45, 2.75) is 40.5 Å². The monoisotopic (exact) mass is 337 g/mol. The number of nitrogens with zero attached hydrogens (tertiary/aromatic N) is 1. The number of aryl methyl sites for hydroxylation is 1. The van der Waals surface area contributed by atoms with Crippen molar-refractivity contribution in [1.29, 1.82) is 0 Å². The van der Waals surface area contributed by atoms with Crippen LogP contribution in [-0.4, -0.2) is 16.5 Å². The Labute approximate surface area is 147 Å². The zero-order valence-electron chi connectivity index (χ0n) is 15.4. The van der Waals surface area contributed by atoms with Gasteiger partial charge in [-0.15, -0.1) is 0 Å². The number of carbonyl (C=O) groups excluding carboxylic acids is 2. The minimum Gasteiger partial charge on any atom is -0.386 e. The molecule has 1 saturated heterocycles. The van der Waals surface area contributed by atoms with E-state index in [1.165, 1.54) is 0 Å². The number of cyclic esters (lactones) is 2. The molecule has 1 fully saturated rings. The van der Waals surface area contributed by atoms with Crippen LogP contribution in [-0.2, 0) is 21.4 Å². The van der Waals surface area contributed by atoms with Gasteiger partial charge in [-0.1, -0.05) is 37.1 Å². The van der Waals surface area contributed by atoms with Gasteiger partial charge in [0.05, 0.1) is 11.1 Å². The van der Waals surface area contributed by atoms with Gasteiger partial charge in [0, 0.05) is 29.2 Å². The van der Waals surface area contributed by atoms with E-state index in [1.807, 2.05) is 33.0 Å². The third-order valence-corrected chi connectivity index (χ3v) is 4.85. The molecule has 4 heteroatoms. The lowest BCUT2D eigenvalue weighted by Gasteiger charge is -2.11. The molecule has 2 heterocycles. The van der Waals surface area contributed by atoms with E-state index >= 15 is 0 Å². The SMILES string of the molecule is CCC/C(=C1/C(=O)OC(=O)C1=C(C)C)c1c(C)n(C)c2ccccc12. The zero-order valence-corrected chi connectivity index (χ0v) is 15.4. The van der Waals surface area contributed by atoms with Crippen LogP contribution in [0, 0.1) is 6.92 Å². The summed E-state index contributed by atoms with van der Waals surface area (Å²) in [5.41, 5.74) is 5.80. The Bertz CT molecular complexity index is 953. The first kappa shape index (κ1) is 17.2. The molecule has 1 aliphatic rings. The first-order chi connectivity index (χ1) is 11.9. The molecule has 0 atom stereocenters. The predicted molar refractivity (Wildman–Crippen MR) is 99.0 cm³/mol. The molecule has 1 aromatic heterocycles. The van der Waals surface area contributed by atoms with Crippen LogP contribution in [0.25, 0.3) is 16.5 Å². The number of rotatable bonds is 3. The Balaban J connectivity index is 2.43. The number of hydrogen-bond donors (Lipinski definition) is 0. The number of para-hydroxylation sites is 1. The molecule has 0 N–H and O–H groups in total. The summed E-state index contributed by atoms with van der Waals surface area (Å²) in [6.45, 7) is 7.81. The van der Waals surface area contributed by atoms with Crippen molar-refractivity contribution >= 4 is 28.4 Å². The van der Waals surface area contributed by atoms with Gasteiger partial charge >= 0.3 is 11.9 Å². The van der Waals surface area contributed by atoms with Gasteiger partial charge in [-0.2, -0.15) is 0 Å². The first-order valence-corrected chi connectivity index (χ1v) is 8.60. The van der Waals surface area contributed by atoms with Crippen LogP contribution < -0.4 is 0 Å². The summed E-state index contributed by atoms with van der Waals surface area (Å²) in [5.74, 6) is -1.07. The molecule has 0 bridgehead atoms. The number of aromatic nitrogens is 1. The van der Waals surface area contributed by atoms with Gasteiger partial charge in [0.15, 0.2) is 0 Å². The normalized spacial score (nSPS) is 16.6. The van der Waals surface area contributed by atoms with Crippen molar-refractivity contribution in [3.63, 3.8) is 0 Å². The van der Waals surface area contributed by atoms with Crippen molar-refractivity contribution < 1.29 is 14.3 Å². The Morgan fingerprint density at radius 1 is 1.08 bits per heavy atom. The molecule has 1 aromatic carbocycles. The first-order valence-electron chi connectivity index (χ1n) is 8.60. The van der Waals surface area contributed by atoms with E-state index in [4.69, 9.17) is 4.74 Å². The fourth-order valence-electron chi connectivity index (χ4n) is 3.65. The fourth-order valence-corrected chi connectivity index (χ4v) is 3.65. The van der Waals surface area contributed by atoms with Gasteiger partial charge in [0.2, 0.25) is 0 Å². The maximum atomic E-state index is 12.5. The van der Waals surface area contributed by atoms with E-state index in [1.54, 1.807) is 0 Å². The molecule has 1 aliphatic heterocycles. The summed E-state index contributed by atoms with van der Waals surface area (Å²) in [6.07, 6.45) is 1.59. The molecular formula is C21H23NO3. The number of benzene rings is 1. The second-order valence-corrected chi connectivity index (χ2v) is 6.69. The molecule has 4 nitrogen and oxygen atoms in total. The predicted octanol–water partition coefficient (Wildman–Crippen LogP) is 4.46. The Morgan fingerprint density at radius 2 is 1.72 bits per heavy atom. The van der Waals surface area contributed by atoms with Crippen LogP contribution in [0.5, 0.6) is 0 Å². The fraction of sp³-hybridized carbons (Fsp3) is 0.333. The largest absolute Gasteiger partial charge is 0.386 e. The summed E-state index contributed by atoms with van der Waals surface area (Å²) in [4.78, 5) is 24.7. The van der Waals surface area contributed by atoms with Gasteiger partial charge in [0.1, 0.15) is 0 Å². The van der Waals surface area contributed by atoms with E-state index in [2.05, 4.69) is 30.5 Å². The zero-order chi connectivity index (χ0) is 18.3. The molecule has 0 radical (unpaired) electrons. The number of fused-ring (bicyclic) bond motifs is 1. The van der Waals surface area contributed by atoms with Crippen molar-refractivity contribution in [3.8, 4) is 0 Å². The highest BCUT2D eigenvalue weighted by Gasteiger charge is 2.37. The second kappa shape index (κ2) is 6.36. The van der Waals surface area contributed by atoms with Gasteiger partial charge in [0.25, 0.3) is 0 Å². The molecule has 25 heavy (non-hydrogen) atoms. The third-order valence-electron chi connectivity index (χ3n) is 4.85. The topological polar surface area (TPSA) is 48.3 Å².